The largest absolute Gasteiger partial charge is 0.452 e. The number of esters is 1. The van der Waals surface area contributed by atoms with Gasteiger partial charge in [0, 0.05) is 14.1 Å². The molecular weight excluding hydrogens is 284 g/mol. The minimum Gasteiger partial charge on any atom is -0.452 e. The summed E-state index contributed by atoms with van der Waals surface area (Å²) in [4.78, 5) is 24.3. The summed E-state index contributed by atoms with van der Waals surface area (Å²) in [5.41, 5.74) is 0.0629. The van der Waals surface area contributed by atoms with Crippen LogP contribution in [0.1, 0.15) is 10.4 Å². The maximum Gasteiger partial charge on any atom is 0.338 e. The van der Waals surface area contributed by atoms with Gasteiger partial charge in [0.15, 0.2) is 6.61 Å². The van der Waals surface area contributed by atoms with E-state index in [1.807, 2.05) is 0 Å². The minimum absolute atomic E-state index is 0.0478. The maximum absolute atomic E-state index is 11.7. The zero-order valence-corrected chi connectivity index (χ0v) is 12.2. The molecule has 1 aromatic rings. The number of amides is 1. The molecule has 0 heterocycles. The molecule has 8 heteroatoms. The van der Waals surface area contributed by atoms with Crippen LogP contribution in [0.3, 0.4) is 0 Å². The highest BCUT2D eigenvalue weighted by atomic mass is 32.2. The molecule has 1 rings (SSSR count). The standard InChI is InChI=1S/C12H16N2O5S/c1-13-20(17,18)10-6-4-5-9(7-10)12(16)19-8-11(15)14(2)3/h4-7,13H,8H2,1-3H3. The normalized spacial score (nSPS) is 10.9. The maximum atomic E-state index is 11.7. The number of nitrogens with one attached hydrogen (secondary N) is 1. The van der Waals surface area contributed by atoms with Gasteiger partial charge in [0.1, 0.15) is 0 Å². The van der Waals surface area contributed by atoms with E-state index in [9.17, 15) is 18.0 Å². The second kappa shape index (κ2) is 6.49. The quantitative estimate of drug-likeness (QED) is 0.763. The van der Waals surface area contributed by atoms with Gasteiger partial charge in [-0.25, -0.2) is 17.9 Å². The molecule has 0 saturated carbocycles. The topological polar surface area (TPSA) is 92.8 Å². The monoisotopic (exact) mass is 300 g/mol. The number of hydrogen-bond donors (Lipinski definition) is 1. The Morgan fingerprint density at radius 2 is 1.95 bits per heavy atom. The summed E-state index contributed by atoms with van der Waals surface area (Å²) in [5, 5.41) is 0. The number of hydrogen-bond acceptors (Lipinski definition) is 5. The molecule has 0 fully saturated rings. The fraction of sp³-hybridized carbons (Fsp3) is 0.333. The zero-order valence-electron chi connectivity index (χ0n) is 11.4. The SMILES string of the molecule is CNS(=O)(=O)c1cccc(C(=O)OCC(=O)N(C)C)c1. The number of rotatable bonds is 5. The van der Waals surface area contributed by atoms with Gasteiger partial charge in [0.2, 0.25) is 10.0 Å². The van der Waals surface area contributed by atoms with Crippen LogP contribution in [0.5, 0.6) is 0 Å². The average Bonchev–Trinajstić information content (AvgIpc) is 2.44. The molecule has 0 aliphatic carbocycles. The Hall–Kier alpha value is -1.93. The first-order valence-corrected chi connectivity index (χ1v) is 7.17. The van der Waals surface area contributed by atoms with Crippen molar-refractivity contribution >= 4 is 21.9 Å². The molecule has 0 saturated heterocycles. The van der Waals surface area contributed by atoms with Crippen LogP contribution in [0.2, 0.25) is 0 Å². The Morgan fingerprint density at radius 3 is 2.50 bits per heavy atom. The Morgan fingerprint density at radius 1 is 1.30 bits per heavy atom. The van der Waals surface area contributed by atoms with Gasteiger partial charge < -0.3 is 9.64 Å². The Balaban J connectivity index is 2.85. The van der Waals surface area contributed by atoms with Gasteiger partial charge in [0.25, 0.3) is 5.91 Å². The Labute approximate surface area is 117 Å². The number of carbonyl (C=O) groups excluding carboxylic acids is 2. The predicted octanol–water partition coefficient (Wildman–Crippen LogP) is -0.160. The van der Waals surface area contributed by atoms with Crippen molar-refractivity contribution in [3.63, 3.8) is 0 Å². The highest BCUT2D eigenvalue weighted by Gasteiger charge is 2.16. The molecule has 7 nitrogen and oxygen atoms in total. The van der Waals surface area contributed by atoms with Crippen LogP contribution in [0, 0.1) is 0 Å². The molecule has 0 aliphatic rings. The summed E-state index contributed by atoms with van der Waals surface area (Å²) in [7, 11) is 0.718. The number of benzene rings is 1. The van der Waals surface area contributed by atoms with Gasteiger partial charge in [-0.1, -0.05) is 6.07 Å². The van der Waals surface area contributed by atoms with Crippen LogP contribution in [0.15, 0.2) is 29.2 Å². The van der Waals surface area contributed by atoms with Crippen molar-refractivity contribution in [3.05, 3.63) is 29.8 Å². The van der Waals surface area contributed by atoms with Gasteiger partial charge >= 0.3 is 5.97 Å². The van der Waals surface area contributed by atoms with Crippen LogP contribution in [0.25, 0.3) is 0 Å². The van der Waals surface area contributed by atoms with Gasteiger partial charge in [-0.2, -0.15) is 0 Å². The van der Waals surface area contributed by atoms with Crippen molar-refractivity contribution in [1.29, 1.82) is 0 Å². The number of ether oxygens (including phenoxy) is 1. The van der Waals surface area contributed by atoms with Crippen LogP contribution >= 0.6 is 0 Å². The van der Waals surface area contributed by atoms with E-state index in [-0.39, 0.29) is 16.4 Å². The first-order valence-electron chi connectivity index (χ1n) is 5.69. The highest BCUT2D eigenvalue weighted by Crippen LogP contribution is 2.12. The molecule has 0 aliphatic heterocycles. The second-order valence-electron chi connectivity index (χ2n) is 4.10. The van der Waals surface area contributed by atoms with Crippen molar-refractivity contribution < 1.29 is 22.7 Å². The summed E-state index contributed by atoms with van der Waals surface area (Å²) < 4.78 is 30.2. The first kappa shape index (κ1) is 16.1. The number of likely N-dealkylation sites (N-methyl/N-ethyl adjacent to an activating group) is 1. The second-order valence-corrected chi connectivity index (χ2v) is 5.99. The molecular formula is C12H16N2O5S. The lowest BCUT2D eigenvalue weighted by atomic mass is 10.2. The summed E-state index contributed by atoms with van der Waals surface area (Å²) in [6.07, 6.45) is 0. The molecule has 0 atom stereocenters. The molecule has 0 radical (unpaired) electrons. The van der Waals surface area contributed by atoms with Crippen molar-refractivity contribution in [1.82, 2.24) is 9.62 Å². The predicted molar refractivity (Wildman–Crippen MR) is 71.7 cm³/mol. The summed E-state index contributed by atoms with van der Waals surface area (Å²) >= 11 is 0. The van der Waals surface area contributed by atoms with E-state index >= 15 is 0 Å². The lowest BCUT2D eigenvalue weighted by Crippen LogP contribution is -2.27. The third-order valence-corrected chi connectivity index (χ3v) is 3.89. The van der Waals surface area contributed by atoms with E-state index in [1.54, 1.807) is 0 Å². The first-order chi connectivity index (χ1) is 9.27. The van der Waals surface area contributed by atoms with E-state index in [4.69, 9.17) is 4.74 Å². The Bertz CT molecular complexity index is 610. The molecule has 0 bridgehead atoms. The van der Waals surface area contributed by atoms with Crippen LogP contribution in [-0.2, 0) is 19.6 Å². The molecule has 20 heavy (non-hydrogen) atoms. The zero-order chi connectivity index (χ0) is 15.3. The lowest BCUT2D eigenvalue weighted by Gasteiger charge is -2.10. The number of sulfonamides is 1. The Kier molecular flexibility index (Phi) is 5.23. The molecule has 110 valence electrons. The third-order valence-electron chi connectivity index (χ3n) is 2.47. The van der Waals surface area contributed by atoms with E-state index in [0.29, 0.717) is 0 Å². The fourth-order valence-corrected chi connectivity index (χ4v) is 2.02. The summed E-state index contributed by atoms with van der Waals surface area (Å²) in [6.45, 7) is -0.394. The molecule has 0 aromatic heterocycles. The number of carbonyl (C=O) groups is 2. The van der Waals surface area contributed by atoms with Gasteiger partial charge in [-0.15, -0.1) is 0 Å². The van der Waals surface area contributed by atoms with Crippen LogP contribution in [0.4, 0.5) is 0 Å². The molecule has 1 N–H and O–H groups in total. The molecule has 0 spiro atoms. The van der Waals surface area contributed by atoms with E-state index in [2.05, 4.69) is 4.72 Å². The van der Waals surface area contributed by atoms with E-state index < -0.39 is 22.6 Å². The van der Waals surface area contributed by atoms with E-state index in [1.165, 1.54) is 50.3 Å². The lowest BCUT2D eigenvalue weighted by molar-refractivity contribution is -0.131. The van der Waals surface area contributed by atoms with Gasteiger partial charge in [-0.3, -0.25) is 4.79 Å². The van der Waals surface area contributed by atoms with Crippen LogP contribution < -0.4 is 4.72 Å². The molecule has 0 unspecified atom stereocenters. The van der Waals surface area contributed by atoms with Gasteiger partial charge in [-0.05, 0) is 25.2 Å². The molecule has 1 amide bonds. The third kappa shape index (κ3) is 4.04. The minimum atomic E-state index is -3.63. The van der Waals surface area contributed by atoms with Crippen molar-refractivity contribution in [2.45, 2.75) is 4.90 Å². The van der Waals surface area contributed by atoms with Crippen molar-refractivity contribution in [2.24, 2.45) is 0 Å². The van der Waals surface area contributed by atoms with Crippen molar-refractivity contribution in [3.8, 4) is 0 Å². The van der Waals surface area contributed by atoms with Crippen LogP contribution in [-0.4, -0.2) is 52.9 Å². The summed E-state index contributed by atoms with van der Waals surface area (Å²) in [6, 6.07) is 5.38. The average molecular weight is 300 g/mol. The highest BCUT2D eigenvalue weighted by molar-refractivity contribution is 7.89. The van der Waals surface area contributed by atoms with Crippen molar-refractivity contribution in [2.75, 3.05) is 27.7 Å². The fourth-order valence-electron chi connectivity index (χ4n) is 1.25. The van der Waals surface area contributed by atoms with E-state index in [0.717, 1.165) is 0 Å². The smallest absolute Gasteiger partial charge is 0.338 e. The summed E-state index contributed by atoms with van der Waals surface area (Å²) in [5.74, 6) is -1.12. The van der Waals surface area contributed by atoms with Gasteiger partial charge in [0.05, 0.1) is 10.5 Å². The molecule has 1 aromatic carbocycles. The number of nitrogens with zero attached hydrogens (tertiary/aromatic N) is 1.